The number of hydrogen-bond donors (Lipinski definition) is 1. The molecule has 0 radical (unpaired) electrons. The molecular formula is C21H20N6O. The lowest BCUT2D eigenvalue weighted by Gasteiger charge is -2.13. The molecule has 1 fully saturated rings. The molecule has 1 aromatic carbocycles. The lowest BCUT2D eigenvalue weighted by Crippen LogP contribution is -2.06. The van der Waals surface area contributed by atoms with E-state index in [1.807, 2.05) is 29.8 Å². The standard InChI is InChI=1S/C21H20N6O/c1-27-13-24-26-21(27)18-5-4-15(11-22)8-19(18)16-9-17(12-28)25-20(10-16)23-7-6-14-2-3-14/h4-5,8-10,12-14H,2-3,6-7H2,1H3,(H,23,25). The topological polar surface area (TPSA) is 96.5 Å². The highest BCUT2D eigenvalue weighted by molar-refractivity contribution is 5.85. The number of carbonyl (C=O) groups is 1. The van der Waals surface area contributed by atoms with Crippen molar-refractivity contribution in [3.05, 3.63) is 47.9 Å². The second kappa shape index (κ2) is 7.61. The number of nitrogens with one attached hydrogen (secondary N) is 1. The normalized spacial score (nSPS) is 13.1. The van der Waals surface area contributed by atoms with E-state index in [1.165, 1.54) is 12.8 Å². The van der Waals surface area contributed by atoms with Gasteiger partial charge in [0.25, 0.3) is 0 Å². The number of aldehydes is 1. The van der Waals surface area contributed by atoms with E-state index in [0.29, 0.717) is 22.9 Å². The molecule has 0 bridgehead atoms. The van der Waals surface area contributed by atoms with Crippen LogP contribution in [0.15, 0.2) is 36.7 Å². The largest absolute Gasteiger partial charge is 0.370 e. The number of nitriles is 1. The fourth-order valence-electron chi connectivity index (χ4n) is 3.24. The molecule has 2 heterocycles. The smallest absolute Gasteiger partial charge is 0.168 e. The SMILES string of the molecule is Cn1cnnc1-c1ccc(C#N)cc1-c1cc(C=O)nc(NCCC2CC2)c1. The summed E-state index contributed by atoms with van der Waals surface area (Å²) in [6, 6.07) is 11.2. The summed E-state index contributed by atoms with van der Waals surface area (Å²) in [4.78, 5) is 15.8. The van der Waals surface area contributed by atoms with Gasteiger partial charge in [0.15, 0.2) is 12.1 Å². The number of rotatable bonds is 7. The highest BCUT2D eigenvalue weighted by atomic mass is 16.1. The molecule has 1 N–H and O–H groups in total. The monoisotopic (exact) mass is 372 g/mol. The first-order valence-corrected chi connectivity index (χ1v) is 9.28. The summed E-state index contributed by atoms with van der Waals surface area (Å²) in [7, 11) is 1.87. The van der Waals surface area contributed by atoms with Crippen LogP contribution in [0.4, 0.5) is 5.82 Å². The number of hydrogen-bond acceptors (Lipinski definition) is 6. The highest BCUT2D eigenvalue weighted by Gasteiger charge is 2.20. The second-order valence-corrected chi connectivity index (χ2v) is 7.08. The van der Waals surface area contributed by atoms with Crippen LogP contribution in [0.3, 0.4) is 0 Å². The Morgan fingerprint density at radius 1 is 1.29 bits per heavy atom. The van der Waals surface area contributed by atoms with Crippen molar-refractivity contribution < 1.29 is 4.79 Å². The van der Waals surface area contributed by atoms with Crippen molar-refractivity contribution in [2.45, 2.75) is 19.3 Å². The molecule has 0 atom stereocenters. The molecule has 0 saturated heterocycles. The van der Waals surface area contributed by atoms with Crippen LogP contribution < -0.4 is 5.32 Å². The number of anilines is 1. The Balaban J connectivity index is 1.77. The molecule has 28 heavy (non-hydrogen) atoms. The van der Waals surface area contributed by atoms with E-state index in [-0.39, 0.29) is 0 Å². The van der Waals surface area contributed by atoms with Gasteiger partial charge in [0.05, 0.1) is 11.6 Å². The highest BCUT2D eigenvalue weighted by Crippen LogP contribution is 2.34. The number of aromatic nitrogens is 4. The third kappa shape index (κ3) is 3.76. The minimum atomic E-state index is 0.345. The molecule has 4 rings (SSSR count). The predicted molar refractivity (Wildman–Crippen MR) is 106 cm³/mol. The maximum Gasteiger partial charge on any atom is 0.168 e. The van der Waals surface area contributed by atoms with Gasteiger partial charge >= 0.3 is 0 Å². The van der Waals surface area contributed by atoms with Crippen molar-refractivity contribution in [1.29, 1.82) is 5.26 Å². The van der Waals surface area contributed by atoms with Gasteiger partial charge in [-0.15, -0.1) is 10.2 Å². The Morgan fingerprint density at radius 2 is 2.14 bits per heavy atom. The van der Waals surface area contributed by atoms with E-state index >= 15 is 0 Å². The third-order valence-electron chi connectivity index (χ3n) is 4.93. The average Bonchev–Trinajstić information content (AvgIpc) is 3.45. The molecule has 1 saturated carbocycles. The maximum atomic E-state index is 11.5. The second-order valence-electron chi connectivity index (χ2n) is 7.08. The van der Waals surface area contributed by atoms with E-state index in [2.05, 4.69) is 26.6 Å². The zero-order valence-electron chi connectivity index (χ0n) is 15.6. The first kappa shape index (κ1) is 17.9. The zero-order chi connectivity index (χ0) is 19.5. The van der Waals surface area contributed by atoms with Crippen molar-refractivity contribution >= 4 is 12.1 Å². The Bertz CT molecular complexity index is 1060. The van der Waals surface area contributed by atoms with Gasteiger partial charge in [-0.1, -0.05) is 12.8 Å². The Labute approximate surface area is 163 Å². The molecule has 2 aromatic heterocycles. The molecule has 0 amide bonds. The van der Waals surface area contributed by atoms with Crippen molar-refractivity contribution in [1.82, 2.24) is 19.7 Å². The zero-order valence-corrected chi connectivity index (χ0v) is 15.6. The van der Waals surface area contributed by atoms with Crippen LogP contribution in [0.25, 0.3) is 22.5 Å². The fraction of sp³-hybridized carbons (Fsp3) is 0.286. The number of aryl methyl sites for hydroxylation is 1. The molecule has 0 aliphatic heterocycles. The van der Waals surface area contributed by atoms with Crippen molar-refractivity contribution in [2.75, 3.05) is 11.9 Å². The molecular weight excluding hydrogens is 352 g/mol. The van der Waals surface area contributed by atoms with Crippen LogP contribution in [0.1, 0.15) is 35.3 Å². The van der Waals surface area contributed by atoms with Crippen molar-refractivity contribution in [3.8, 4) is 28.6 Å². The van der Waals surface area contributed by atoms with E-state index in [9.17, 15) is 10.1 Å². The first-order chi connectivity index (χ1) is 13.7. The van der Waals surface area contributed by atoms with Gasteiger partial charge in [0, 0.05) is 19.2 Å². The van der Waals surface area contributed by atoms with Gasteiger partial charge in [0.2, 0.25) is 0 Å². The minimum Gasteiger partial charge on any atom is -0.370 e. The van der Waals surface area contributed by atoms with Crippen LogP contribution in [0.5, 0.6) is 0 Å². The van der Waals surface area contributed by atoms with E-state index in [4.69, 9.17) is 0 Å². The molecule has 7 nitrogen and oxygen atoms in total. The van der Waals surface area contributed by atoms with Crippen LogP contribution >= 0.6 is 0 Å². The van der Waals surface area contributed by atoms with Gasteiger partial charge in [-0.3, -0.25) is 4.79 Å². The van der Waals surface area contributed by atoms with Gasteiger partial charge in [-0.25, -0.2) is 4.98 Å². The molecule has 7 heteroatoms. The predicted octanol–water partition coefficient (Wildman–Crippen LogP) is 3.44. The summed E-state index contributed by atoms with van der Waals surface area (Å²) >= 11 is 0. The number of benzene rings is 1. The molecule has 0 spiro atoms. The van der Waals surface area contributed by atoms with Gasteiger partial charge in [0.1, 0.15) is 17.8 Å². The Kier molecular flexibility index (Phi) is 4.85. The molecule has 140 valence electrons. The van der Waals surface area contributed by atoms with E-state index < -0.39 is 0 Å². The van der Waals surface area contributed by atoms with E-state index in [0.717, 1.165) is 41.9 Å². The molecule has 0 unspecified atom stereocenters. The summed E-state index contributed by atoms with van der Waals surface area (Å²) in [5.41, 5.74) is 3.34. The number of pyridine rings is 1. The fourth-order valence-corrected chi connectivity index (χ4v) is 3.24. The minimum absolute atomic E-state index is 0.345. The van der Waals surface area contributed by atoms with Gasteiger partial charge < -0.3 is 9.88 Å². The Hall–Kier alpha value is -3.53. The summed E-state index contributed by atoms with van der Waals surface area (Å²) in [5, 5.41) is 20.8. The summed E-state index contributed by atoms with van der Waals surface area (Å²) in [5.74, 6) is 2.16. The lowest BCUT2D eigenvalue weighted by atomic mass is 9.97. The van der Waals surface area contributed by atoms with Crippen LogP contribution in [0, 0.1) is 17.2 Å². The molecule has 1 aliphatic rings. The Morgan fingerprint density at radius 3 is 2.82 bits per heavy atom. The quantitative estimate of drug-likeness (QED) is 0.638. The average molecular weight is 372 g/mol. The van der Waals surface area contributed by atoms with Gasteiger partial charge in [-0.05, 0) is 53.8 Å². The van der Waals surface area contributed by atoms with Gasteiger partial charge in [-0.2, -0.15) is 5.26 Å². The van der Waals surface area contributed by atoms with Crippen LogP contribution in [-0.2, 0) is 7.05 Å². The van der Waals surface area contributed by atoms with E-state index in [1.54, 1.807) is 18.5 Å². The molecule has 3 aromatic rings. The van der Waals surface area contributed by atoms with Crippen molar-refractivity contribution in [3.63, 3.8) is 0 Å². The summed E-state index contributed by atoms with van der Waals surface area (Å²) in [6.07, 6.45) is 6.08. The summed E-state index contributed by atoms with van der Waals surface area (Å²) in [6.45, 7) is 0.827. The lowest BCUT2D eigenvalue weighted by molar-refractivity contribution is 0.111. The summed E-state index contributed by atoms with van der Waals surface area (Å²) < 4.78 is 1.82. The van der Waals surface area contributed by atoms with Crippen molar-refractivity contribution in [2.24, 2.45) is 13.0 Å². The molecule has 1 aliphatic carbocycles. The third-order valence-corrected chi connectivity index (χ3v) is 4.93. The maximum absolute atomic E-state index is 11.5. The number of carbonyl (C=O) groups excluding carboxylic acids is 1. The first-order valence-electron chi connectivity index (χ1n) is 9.28. The van der Waals surface area contributed by atoms with Crippen LogP contribution in [-0.4, -0.2) is 32.6 Å². The number of nitrogens with zero attached hydrogens (tertiary/aromatic N) is 5. The van der Waals surface area contributed by atoms with Crippen LogP contribution in [0.2, 0.25) is 0 Å².